The Balaban J connectivity index is 2.01. The van der Waals surface area contributed by atoms with E-state index in [9.17, 15) is 9.35 Å². The molecule has 0 aliphatic rings. The van der Waals surface area contributed by atoms with Gasteiger partial charge < -0.3 is 20.3 Å². The fourth-order valence-corrected chi connectivity index (χ4v) is 2.52. The Hall–Kier alpha value is -2.18. The molecule has 0 heterocycles. The molecule has 3 N–H and O–H groups in total. The van der Waals surface area contributed by atoms with E-state index >= 15 is 0 Å². The molecule has 0 aliphatic carbocycles. The van der Waals surface area contributed by atoms with E-state index < -0.39 is 11.2 Å². The summed E-state index contributed by atoms with van der Waals surface area (Å²) in [5.41, 5.74) is 6.68. The van der Waals surface area contributed by atoms with Gasteiger partial charge in [0.15, 0.2) is 4.90 Å². The van der Waals surface area contributed by atoms with Crippen LogP contribution in [0.3, 0.4) is 0 Å². The highest BCUT2D eigenvalue weighted by atomic mass is 32.2. The lowest BCUT2D eigenvalue weighted by molar-refractivity contribution is -0.114. The second-order valence-electron chi connectivity index (χ2n) is 4.35. The summed E-state index contributed by atoms with van der Waals surface area (Å²) in [6.45, 7) is 1.40. The zero-order valence-electron chi connectivity index (χ0n) is 11.5. The molecule has 0 saturated carbocycles. The molecule has 0 bridgehead atoms. The van der Waals surface area contributed by atoms with Crippen molar-refractivity contribution in [2.24, 2.45) is 0 Å². The molecule has 0 spiro atoms. The van der Waals surface area contributed by atoms with Gasteiger partial charge in [-0.2, -0.15) is 0 Å². The van der Waals surface area contributed by atoms with Crippen LogP contribution in [0.4, 0.5) is 11.4 Å². The first-order valence-corrected chi connectivity index (χ1v) is 7.61. The number of anilines is 2. The molecule has 2 aromatic rings. The number of ether oxygens (including phenoxy) is 1. The van der Waals surface area contributed by atoms with Gasteiger partial charge in [0.25, 0.3) is 0 Å². The van der Waals surface area contributed by atoms with E-state index in [0.717, 1.165) is 0 Å². The highest BCUT2D eigenvalue weighted by Crippen LogP contribution is 2.25. The van der Waals surface area contributed by atoms with E-state index in [2.05, 4.69) is 5.32 Å². The first-order valence-electron chi connectivity index (χ1n) is 6.29. The SMILES string of the molecule is CC(=O)Nc1cc(OC[S+]([O-])c2ccccc2)ccc1N. The summed E-state index contributed by atoms with van der Waals surface area (Å²) in [4.78, 5) is 11.8. The van der Waals surface area contributed by atoms with Crippen LogP contribution in [0.5, 0.6) is 5.75 Å². The molecule has 6 heteroatoms. The monoisotopic (exact) mass is 304 g/mol. The molecule has 21 heavy (non-hydrogen) atoms. The zero-order chi connectivity index (χ0) is 15.2. The predicted octanol–water partition coefficient (Wildman–Crippen LogP) is 2.37. The van der Waals surface area contributed by atoms with E-state index in [-0.39, 0.29) is 11.8 Å². The third-order valence-corrected chi connectivity index (χ3v) is 3.80. The minimum Gasteiger partial charge on any atom is -0.609 e. The Morgan fingerprint density at radius 1 is 1.29 bits per heavy atom. The van der Waals surface area contributed by atoms with Gasteiger partial charge in [-0.1, -0.05) is 18.2 Å². The number of benzene rings is 2. The fourth-order valence-electron chi connectivity index (χ4n) is 1.68. The summed E-state index contributed by atoms with van der Waals surface area (Å²) in [7, 11) is 0. The molecule has 110 valence electrons. The number of hydrogen-bond acceptors (Lipinski definition) is 4. The van der Waals surface area contributed by atoms with Crippen molar-refractivity contribution in [1.29, 1.82) is 0 Å². The van der Waals surface area contributed by atoms with Crippen LogP contribution in [0.25, 0.3) is 0 Å². The van der Waals surface area contributed by atoms with Crippen LogP contribution in [-0.2, 0) is 16.0 Å². The van der Waals surface area contributed by atoms with Gasteiger partial charge in [0, 0.05) is 24.2 Å². The maximum atomic E-state index is 12.0. The van der Waals surface area contributed by atoms with Crippen LogP contribution >= 0.6 is 0 Å². The molecule has 0 aliphatic heterocycles. The molecule has 0 fully saturated rings. The first-order chi connectivity index (χ1) is 10.1. The summed E-state index contributed by atoms with van der Waals surface area (Å²) >= 11 is -1.25. The van der Waals surface area contributed by atoms with Crippen molar-refractivity contribution in [3.63, 3.8) is 0 Å². The van der Waals surface area contributed by atoms with Crippen LogP contribution < -0.4 is 15.8 Å². The molecule has 2 aromatic carbocycles. The minimum atomic E-state index is -1.25. The van der Waals surface area contributed by atoms with E-state index in [0.29, 0.717) is 22.0 Å². The summed E-state index contributed by atoms with van der Waals surface area (Å²) < 4.78 is 17.5. The van der Waals surface area contributed by atoms with Crippen LogP contribution in [0.2, 0.25) is 0 Å². The average molecular weight is 304 g/mol. The smallest absolute Gasteiger partial charge is 0.250 e. The molecule has 1 amide bonds. The molecule has 0 saturated heterocycles. The molecule has 0 aromatic heterocycles. The van der Waals surface area contributed by atoms with Crippen LogP contribution in [-0.4, -0.2) is 16.4 Å². The molecule has 5 nitrogen and oxygen atoms in total. The van der Waals surface area contributed by atoms with Crippen molar-refractivity contribution in [2.45, 2.75) is 11.8 Å². The number of hydrogen-bond donors (Lipinski definition) is 2. The van der Waals surface area contributed by atoms with Crippen molar-refractivity contribution in [1.82, 2.24) is 0 Å². The lowest BCUT2D eigenvalue weighted by Gasteiger charge is -2.13. The highest BCUT2D eigenvalue weighted by Gasteiger charge is 2.11. The number of carbonyl (C=O) groups excluding carboxylic acids is 1. The average Bonchev–Trinajstić information content (AvgIpc) is 2.48. The maximum absolute atomic E-state index is 12.0. The number of nitrogens with one attached hydrogen (secondary N) is 1. The van der Waals surface area contributed by atoms with Crippen molar-refractivity contribution >= 4 is 28.5 Å². The molecule has 0 radical (unpaired) electrons. The number of nitrogens with two attached hydrogens (primary N) is 1. The van der Waals surface area contributed by atoms with Gasteiger partial charge in [-0.3, -0.25) is 4.79 Å². The highest BCUT2D eigenvalue weighted by molar-refractivity contribution is 7.91. The molecule has 1 unspecified atom stereocenters. The summed E-state index contributed by atoms with van der Waals surface area (Å²) in [6, 6.07) is 14.0. The third kappa shape index (κ3) is 4.40. The Labute approximate surface area is 126 Å². The Morgan fingerprint density at radius 3 is 2.67 bits per heavy atom. The first kappa shape index (κ1) is 15.2. The molecule has 2 rings (SSSR count). The van der Waals surface area contributed by atoms with Gasteiger partial charge in [-0.25, -0.2) is 0 Å². The van der Waals surface area contributed by atoms with E-state index in [1.165, 1.54) is 6.92 Å². The van der Waals surface area contributed by atoms with Gasteiger partial charge in [0.05, 0.1) is 11.4 Å². The number of carbonyl (C=O) groups is 1. The van der Waals surface area contributed by atoms with Crippen molar-refractivity contribution < 1.29 is 14.1 Å². The van der Waals surface area contributed by atoms with Gasteiger partial charge in [0.2, 0.25) is 11.8 Å². The zero-order valence-corrected chi connectivity index (χ0v) is 12.4. The largest absolute Gasteiger partial charge is 0.609 e. The van der Waals surface area contributed by atoms with E-state index in [1.807, 2.05) is 18.2 Å². The summed E-state index contributed by atoms with van der Waals surface area (Å²) in [6.07, 6.45) is 0. The Morgan fingerprint density at radius 2 is 2.00 bits per heavy atom. The molecular weight excluding hydrogens is 288 g/mol. The molecular formula is C15H16N2O3S. The Bertz CT molecular complexity index is 620. The minimum absolute atomic E-state index is 0.0352. The van der Waals surface area contributed by atoms with Crippen LogP contribution in [0, 0.1) is 0 Å². The second-order valence-corrected chi connectivity index (χ2v) is 5.75. The van der Waals surface area contributed by atoms with Gasteiger partial charge in [-0.05, 0) is 24.3 Å². The van der Waals surface area contributed by atoms with Crippen LogP contribution in [0.15, 0.2) is 53.4 Å². The number of amides is 1. The molecule has 1 atom stereocenters. The standard InChI is InChI=1S/C15H16N2O3S/c1-11(18)17-15-9-12(7-8-14(15)16)20-10-21(19)13-5-3-2-4-6-13/h2-9H,10,16H2,1H3,(H,17,18). The normalized spacial score (nSPS) is 11.7. The Kier molecular flexibility index (Phi) is 5.08. The van der Waals surface area contributed by atoms with Crippen molar-refractivity contribution in [2.75, 3.05) is 17.0 Å². The number of rotatable bonds is 5. The summed E-state index contributed by atoms with van der Waals surface area (Å²) in [5, 5.41) is 2.61. The predicted molar refractivity (Wildman–Crippen MR) is 83.5 cm³/mol. The van der Waals surface area contributed by atoms with Crippen molar-refractivity contribution in [3.8, 4) is 5.75 Å². The van der Waals surface area contributed by atoms with E-state index in [4.69, 9.17) is 10.5 Å². The quantitative estimate of drug-likeness (QED) is 0.656. The van der Waals surface area contributed by atoms with E-state index in [1.54, 1.807) is 30.3 Å². The fraction of sp³-hybridized carbons (Fsp3) is 0.133. The topological polar surface area (TPSA) is 87.4 Å². The van der Waals surface area contributed by atoms with Gasteiger partial charge in [-0.15, -0.1) is 0 Å². The van der Waals surface area contributed by atoms with Gasteiger partial charge >= 0.3 is 0 Å². The van der Waals surface area contributed by atoms with Crippen LogP contribution in [0.1, 0.15) is 6.92 Å². The number of nitrogen functional groups attached to an aromatic ring is 1. The summed E-state index contributed by atoms with van der Waals surface area (Å²) in [5.74, 6) is 0.317. The lowest BCUT2D eigenvalue weighted by Crippen LogP contribution is -2.13. The second kappa shape index (κ2) is 7.01. The maximum Gasteiger partial charge on any atom is 0.250 e. The third-order valence-electron chi connectivity index (χ3n) is 2.67. The van der Waals surface area contributed by atoms with Gasteiger partial charge in [0.1, 0.15) is 5.75 Å². The van der Waals surface area contributed by atoms with Crippen molar-refractivity contribution in [3.05, 3.63) is 48.5 Å². The lowest BCUT2D eigenvalue weighted by atomic mass is 10.2.